The lowest BCUT2D eigenvalue weighted by Crippen LogP contribution is -2.45. The second-order valence-electron chi connectivity index (χ2n) is 4.43. The molecule has 0 aromatic heterocycles. The molecule has 1 unspecified atom stereocenters. The van der Waals surface area contributed by atoms with E-state index in [0.29, 0.717) is 17.9 Å². The van der Waals surface area contributed by atoms with Crippen LogP contribution >= 0.6 is 0 Å². The van der Waals surface area contributed by atoms with E-state index in [9.17, 15) is 13.5 Å². The Hall–Kier alpha value is -1.11. The molecule has 0 saturated carbocycles. The van der Waals surface area contributed by atoms with Gasteiger partial charge in [0.25, 0.3) is 0 Å². The van der Waals surface area contributed by atoms with Gasteiger partial charge in [-0.05, 0) is 13.1 Å². The van der Waals surface area contributed by atoms with Crippen molar-refractivity contribution in [3.63, 3.8) is 0 Å². The van der Waals surface area contributed by atoms with Crippen LogP contribution in [0.15, 0.2) is 24.3 Å². The van der Waals surface area contributed by atoms with Gasteiger partial charge in [-0.25, -0.2) is 8.42 Å². The van der Waals surface area contributed by atoms with Crippen molar-refractivity contribution in [1.29, 1.82) is 0 Å². The minimum absolute atomic E-state index is 0.0590. The van der Waals surface area contributed by atoms with Crippen LogP contribution < -0.4 is 10.1 Å². The summed E-state index contributed by atoms with van der Waals surface area (Å²) in [6.07, 6.45) is -0.958. The minimum Gasteiger partial charge on any atom is -0.488 e. The molecule has 1 heterocycles. The third-order valence-electron chi connectivity index (χ3n) is 2.85. The second kappa shape index (κ2) is 5.26. The molecule has 1 aromatic carbocycles. The molecule has 1 aliphatic heterocycles. The van der Waals surface area contributed by atoms with E-state index in [1.54, 1.807) is 25.2 Å². The Morgan fingerprint density at radius 1 is 1.44 bits per heavy atom. The maximum absolute atomic E-state index is 11.1. The molecule has 0 aliphatic carbocycles. The van der Waals surface area contributed by atoms with Crippen LogP contribution in [0.5, 0.6) is 5.75 Å². The molecular weight excluding hydrogens is 254 g/mol. The van der Waals surface area contributed by atoms with Gasteiger partial charge in [-0.2, -0.15) is 0 Å². The smallest absolute Gasteiger partial charge is 0.157 e. The van der Waals surface area contributed by atoms with E-state index in [2.05, 4.69) is 5.32 Å². The Labute approximate surface area is 107 Å². The second-order valence-corrected chi connectivity index (χ2v) is 6.58. The lowest BCUT2D eigenvalue weighted by atomic mass is 10.1. The topological polar surface area (TPSA) is 75.6 Å². The Morgan fingerprint density at radius 3 is 2.72 bits per heavy atom. The summed E-state index contributed by atoms with van der Waals surface area (Å²) in [5.41, 5.74) is 0.677. The van der Waals surface area contributed by atoms with E-state index in [1.807, 2.05) is 6.07 Å². The van der Waals surface area contributed by atoms with E-state index >= 15 is 0 Å². The van der Waals surface area contributed by atoms with Crippen molar-refractivity contribution in [3.8, 4) is 5.75 Å². The maximum Gasteiger partial charge on any atom is 0.157 e. The van der Waals surface area contributed by atoms with Gasteiger partial charge < -0.3 is 15.2 Å². The van der Waals surface area contributed by atoms with Crippen LogP contribution in [0.3, 0.4) is 0 Å². The summed E-state index contributed by atoms with van der Waals surface area (Å²) in [6.45, 7) is 0.420. The van der Waals surface area contributed by atoms with Crippen molar-refractivity contribution in [1.82, 2.24) is 5.32 Å². The lowest BCUT2D eigenvalue weighted by molar-refractivity contribution is 0.164. The van der Waals surface area contributed by atoms with Gasteiger partial charge in [-0.3, -0.25) is 0 Å². The first-order valence-corrected chi connectivity index (χ1v) is 7.62. The molecule has 2 rings (SSSR count). The molecule has 1 saturated heterocycles. The number of benzene rings is 1. The lowest BCUT2D eigenvalue weighted by Gasteiger charge is -2.28. The van der Waals surface area contributed by atoms with E-state index in [0.717, 1.165) is 0 Å². The molecule has 18 heavy (non-hydrogen) atoms. The van der Waals surface area contributed by atoms with Crippen molar-refractivity contribution in [3.05, 3.63) is 29.8 Å². The molecule has 1 fully saturated rings. The van der Waals surface area contributed by atoms with Crippen molar-refractivity contribution >= 4 is 9.84 Å². The van der Waals surface area contributed by atoms with Gasteiger partial charge in [-0.15, -0.1) is 0 Å². The zero-order chi connectivity index (χ0) is 13.2. The average Bonchev–Trinajstić information content (AvgIpc) is 2.27. The standard InChI is InChI=1S/C12H17NO4S/c1-13-6-11(14)10-4-2-3-5-12(10)17-9-7-18(15,16)8-9/h2-5,9,11,13-14H,6-8H2,1H3. The average molecular weight is 271 g/mol. The van der Waals surface area contributed by atoms with Crippen LogP contribution in [0.25, 0.3) is 0 Å². The molecule has 1 aliphatic rings. The van der Waals surface area contributed by atoms with Gasteiger partial charge in [0.1, 0.15) is 11.9 Å². The molecule has 0 spiro atoms. The van der Waals surface area contributed by atoms with E-state index in [4.69, 9.17) is 4.74 Å². The highest BCUT2D eigenvalue weighted by molar-refractivity contribution is 7.92. The molecule has 1 atom stereocenters. The van der Waals surface area contributed by atoms with Crippen molar-refractivity contribution in [2.45, 2.75) is 12.2 Å². The van der Waals surface area contributed by atoms with Gasteiger partial charge in [0.05, 0.1) is 17.6 Å². The number of ether oxygens (including phenoxy) is 1. The van der Waals surface area contributed by atoms with Crippen LogP contribution in [0.1, 0.15) is 11.7 Å². The van der Waals surface area contributed by atoms with Gasteiger partial charge in [0.15, 0.2) is 9.84 Å². The van der Waals surface area contributed by atoms with Crippen LogP contribution in [0.4, 0.5) is 0 Å². The zero-order valence-electron chi connectivity index (χ0n) is 10.2. The summed E-state index contributed by atoms with van der Waals surface area (Å²) in [6, 6.07) is 7.15. The van der Waals surface area contributed by atoms with Crippen molar-refractivity contribution < 1.29 is 18.3 Å². The number of hydrogen-bond donors (Lipinski definition) is 2. The predicted molar refractivity (Wildman–Crippen MR) is 68.4 cm³/mol. The number of nitrogens with one attached hydrogen (secondary N) is 1. The molecule has 0 radical (unpaired) electrons. The highest BCUT2D eigenvalue weighted by Crippen LogP contribution is 2.27. The summed E-state index contributed by atoms with van der Waals surface area (Å²) in [5.74, 6) is 0.674. The van der Waals surface area contributed by atoms with Crippen LogP contribution in [0, 0.1) is 0 Å². The number of likely N-dealkylation sites (N-methyl/N-ethyl adjacent to an activating group) is 1. The highest BCUT2D eigenvalue weighted by atomic mass is 32.2. The zero-order valence-corrected chi connectivity index (χ0v) is 11.0. The summed E-state index contributed by atoms with van der Waals surface area (Å²) in [5, 5.41) is 12.8. The molecule has 0 bridgehead atoms. The van der Waals surface area contributed by atoms with Gasteiger partial charge in [0, 0.05) is 12.1 Å². The van der Waals surface area contributed by atoms with Gasteiger partial charge >= 0.3 is 0 Å². The number of hydrogen-bond acceptors (Lipinski definition) is 5. The number of para-hydroxylation sites is 1. The van der Waals surface area contributed by atoms with Crippen LogP contribution in [-0.2, 0) is 9.84 Å². The fourth-order valence-corrected chi connectivity index (χ4v) is 3.10. The van der Waals surface area contributed by atoms with E-state index in [1.165, 1.54) is 0 Å². The van der Waals surface area contributed by atoms with Crippen LogP contribution in [0.2, 0.25) is 0 Å². The molecule has 0 amide bonds. The van der Waals surface area contributed by atoms with Gasteiger partial charge in [0.2, 0.25) is 0 Å². The Bertz CT molecular complexity index is 503. The number of aliphatic hydroxyl groups excluding tert-OH is 1. The first-order valence-electron chi connectivity index (χ1n) is 5.80. The molecular formula is C12H17NO4S. The predicted octanol–water partition coefficient (Wildman–Crippen LogP) is 0.115. The van der Waals surface area contributed by atoms with E-state index in [-0.39, 0.29) is 17.6 Å². The number of rotatable bonds is 5. The third kappa shape index (κ3) is 3.01. The Kier molecular flexibility index (Phi) is 3.89. The monoisotopic (exact) mass is 271 g/mol. The minimum atomic E-state index is -2.89. The summed E-state index contributed by atoms with van der Waals surface area (Å²) in [4.78, 5) is 0. The van der Waals surface area contributed by atoms with Crippen LogP contribution in [-0.4, -0.2) is 44.7 Å². The Morgan fingerprint density at radius 2 is 2.11 bits per heavy atom. The fourth-order valence-electron chi connectivity index (χ4n) is 1.93. The third-order valence-corrected chi connectivity index (χ3v) is 4.61. The molecule has 6 heteroatoms. The first kappa shape index (κ1) is 13.3. The Balaban J connectivity index is 2.08. The summed E-state index contributed by atoms with van der Waals surface area (Å²) in [7, 11) is -1.14. The van der Waals surface area contributed by atoms with Crippen molar-refractivity contribution in [2.75, 3.05) is 25.1 Å². The molecule has 5 nitrogen and oxygen atoms in total. The first-order chi connectivity index (χ1) is 8.52. The SMILES string of the molecule is CNCC(O)c1ccccc1OC1CS(=O)(=O)C1. The molecule has 1 aromatic rings. The summed E-state index contributed by atoms with van der Waals surface area (Å²) >= 11 is 0. The highest BCUT2D eigenvalue weighted by Gasteiger charge is 2.35. The normalized spacial score (nSPS) is 20.1. The quantitative estimate of drug-likeness (QED) is 0.795. The van der Waals surface area contributed by atoms with Crippen molar-refractivity contribution in [2.24, 2.45) is 0 Å². The largest absolute Gasteiger partial charge is 0.488 e. The summed E-state index contributed by atoms with van der Waals surface area (Å²) < 4.78 is 27.8. The van der Waals surface area contributed by atoms with E-state index < -0.39 is 15.9 Å². The number of sulfone groups is 1. The maximum atomic E-state index is 11.1. The number of aliphatic hydroxyl groups is 1. The van der Waals surface area contributed by atoms with Gasteiger partial charge in [-0.1, -0.05) is 18.2 Å². The molecule has 100 valence electrons. The molecule has 2 N–H and O–H groups in total. The fraction of sp³-hybridized carbons (Fsp3) is 0.500.